The summed E-state index contributed by atoms with van der Waals surface area (Å²) in [7, 11) is 0. The highest BCUT2D eigenvalue weighted by atomic mass is 16.6. The summed E-state index contributed by atoms with van der Waals surface area (Å²) in [5.41, 5.74) is 1.30. The molecular weight excluding hydrogens is 228 g/mol. The molecule has 0 bridgehead atoms. The van der Waals surface area contributed by atoms with E-state index in [1.165, 1.54) is 5.57 Å². The Hall–Kier alpha value is -0.380. The van der Waals surface area contributed by atoms with Gasteiger partial charge >= 0.3 is 0 Å². The molecule has 1 N–H and O–H groups in total. The molecule has 0 aromatic heterocycles. The third-order valence-electron chi connectivity index (χ3n) is 4.97. The van der Waals surface area contributed by atoms with Gasteiger partial charge in [0.15, 0.2) is 0 Å². The van der Waals surface area contributed by atoms with Crippen molar-refractivity contribution in [2.24, 2.45) is 5.92 Å². The Morgan fingerprint density at radius 1 is 1.44 bits per heavy atom. The normalized spacial score (nSPS) is 50.1. The van der Waals surface area contributed by atoms with Crippen molar-refractivity contribution >= 4 is 0 Å². The van der Waals surface area contributed by atoms with Gasteiger partial charge in [-0.2, -0.15) is 0 Å². The van der Waals surface area contributed by atoms with Gasteiger partial charge in [-0.15, -0.1) is 0 Å². The molecule has 3 rings (SSSR count). The van der Waals surface area contributed by atoms with E-state index in [0.29, 0.717) is 12.0 Å². The lowest BCUT2D eigenvalue weighted by Crippen LogP contribution is -2.43. The number of hydrogen-bond acceptors (Lipinski definition) is 3. The van der Waals surface area contributed by atoms with Crippen LogP contribution >= 0.6 is 0 Å². The first-order chi connectivity index (χ1) is 8.46. The number of aliphatic hydroxyl groups is 1. The Kier molecular flexibility index (Phi) is 2.85. The molecule has 3 nitrogen and oxygen atoms in total. The van der Waals surface area contributed by atoms with Crippen molar-refractivity contribution in [3.63, 3.8) is 0 Å². The number of hydrogen-bond donors (Lipinski definition) is 1. The average molecular weight is 252 g/mol. The fourth-order valence-corrected chi connectivity index (χ4v) is 3.59. The van der Waals surface area contributed by atoms with Crippen LogP contribution in [-0.2, 0) is 9.47 Å². The molecule has 0 aromatic rings. The van der Waals surface area contributed by atoms with Crippen molar-refractivity contribution in [3.8, 4) is 0 Å². The van der Waals surface area contributed by atoms with E-state index >= 15 is 0 Å². The zero-order chi connectivity index (χ0) is 13.0. The summed E-state index contributed by atoms with van der Waals surface area (Å²) in [4.78, 5) is 0. The van der Waals surface area contributed by atoms with Gasteiger partial charge in [-0.3, -0.25) is 0 Å². The molecule has 1 saturated carbocycles. The predicted molar refractivity (Wildman–Crippen MR) is 69.4 cm³/mol. The molecular formula is C15H24O3. The van der Waals surface area contributed by atoms with Crippen molar-refractivity contribution in [2.45, 2.75) is 69.9 Å². The van der Waals surface area contributed by atoms with Gasteiger partial charge in [0.2, 0.25) is 0 Å². The molecule has 5 atom stereocenters. The number of aliphatic hydroxyl groups excluding tert-OH is 1. The molecule has 0 amide bonds. The maximum absolute atomic E-state index is 9.91. The van der Waals surface area contributed by atoms with Gasteiger partial charge < -0.3 is 14.6 Å². The zero-order valence-electron chi connectivity index (χ0n) is 11.6. The van der Waals surface area contributed by atoms with E-state index in [2.05, 4.69) is 26.8 Å². The number of epoxide rings is 2. The van der Waals surface area contributed by atoms with E-state index in [4.69, 9.17) is 9.47 Å². The van der Waals surface area contributed by atoms with Gasteiger partial charge in [-0.25, -0.2) is 0 Å². The number of ether oxygens (including phenoxy) is 2. The van der Waals surface area contributed by atoms with Gasteiger partial charge in [-0.1, -0.05) is 11.6 Å². The Labute approximate surface area is 109 Å². The predicted octanol–water partition coefficient (Wildman–Crippen LogP) is 2.43. The third kappa shape index (κ3) is 2.02. The minimum atomic E-state index is -0.171. The quantitative estimate of drug-likeness (QED) is 0.620. The van der Waals surface area contributed by atoms with Crippen LogP contribution in [0.5, 0.6) is 0 Å². The molecule has 2 aliphatic heterocycles. The van der Waals surface area contributed by atoms with E-state index in [9.17, 15) is 5.11 Å². The fourth-order valence-electron chi connectivity index (χ4n) is 3.59. The monoisotopic (exact) mass is 252 g/mol. The highest BCUT2D eigenvalue weighted by Gasteiger charge is 2.68. The summed E-state index contributed by atoms with van der Waals surface area (Å²) in [6.45, 7) is 7.30. The smallest absolute Gasteiger partial charge is 0.0980 e. The highest BCUT2D eigenvalue weighted by Crippen LogP contribution is 2.58. The van der Waals surface area contributed by atoms with E-state index in [1.54, 1.807) is 0 Å². The van der Waals surface area contributed by atoms with Crippen molar-refractivity contribution in [3.05, 3.63) is 11.6 Å². The van der Waals surface area contributed by atoms with Crippen LogP contribution in [0.15, 0.2) is 11.6 Å². The summed E-state index contributed by atoms with van der Waals surface area (Å²) in [6, 6.07) is 0. The van der Waals surface area contributed by atoms with Gasteiger partial charge in [0.25, 0.3) is 0 Å². The average Bonchev–Trinajstić information content (AvgIpc) is 3.19. The van der Waals surface area contributed by atoms with Crippen molar-refractivity contribution < 1.29 is 14.6 Å². The maximum Gasteiger partial charge on any atom is 0.0980 e. The fraction of sp³-hybridized carbons (Fsp3) is 0.867. The van der Waals surface area contributed by atoms with Gasteiger partial charge in [0.05, 0.1) is 30.0 Å². The van der Waals surface area contributed by atoms with Crippen molar-refractivity contribution in [1.29, 1.82) is 0 Å². The second-order valence-electron chi connectivity index (χ2n) is 6.64. The highest BCUT2D eigenvalue weighted by molar-refractivity contribution is 5.17. The molecule has 0 radical (unpaired) electrons. The molecule has 18 heavy (non-hydrogen) atoms. The lowest BCUT2D eigenvalue weighted by Gasteiger charge is -2.35. The van der Waals surface area contributed by atoms with Crippen molar-refractivity contribution in [2.75, 3.05) is 6.61 Å². The largest absolute Gasteiger partial charge is 0.393 e. The van der Waals surface area contributed by atoms with Crippen LogP contribution in [0.25, 0.3) is 0 Å². The standard InChI is InChI=1S/C15H24O3/c1-10(2)4-5-13-14(3,18-13)12-8-11(16)6-7-15(12)9-17-15/h4,11-13,16H,5-9H2,1-3H3/t11-,12+,13-,14-,15+/m1/s1. The van der Waals surface area contributed by atoms with Crippen LogP contribution in [0.4, 0.5) is 0 Å². The van der Waals surface area contributed by atoms with Crippen LogP contribution in [0.1, 0.15) is 46.5 Å². The minimum Gasteiger partial charge on any atom is -0.393 e. The molecule has 2 saturated heterocycles. The van der Waals surface area contributed by atoms with Crippen molar-refractivity contribution in [1.82, 2.24) is 0 Å². The summed E-state index contributed by atoms with van der Waals surface area (Å²) in [5, 5.41) is 9.91. The third-order valence-corrected chi connectivity index (χ3v) is 4.97. The van der Waals surface area contributed by atoms with Gasteiger partial charge in [0.1, 0.15) is 0 Å². The maximum atomic E-state index is 9.91. The second-order valence-corrected chi connectivity index (χ2v) is 6.64. The Bertz CT molecular complexity index is 368. The second kappa shape index (κ2) is 4.06. The topological polar surface area (TPSA) is 45.3 Å². The molecule has 0 aromatic carbocycles. The molecule has 102 valence electrons. The number of allylic oxidation sites excluding steroid dienone is 1. The summed E-state index contributed by atoms with van der Waals surface area (Å²) in [6.07, 6.45) is 6.08. The molecule has 1 aliphatic carbocycles. The van der Waals surface area contributed by atoms with Crippen LogP contribution < -0.4 is 0 Å². The number of rotatable bonds is 3. The van der Waals surface area contributed by atoms with E-state index in [0.717, 1.165) is 32.3 Å². The molecule has 1 spiro atoms. The minimum absolute atomic E-state index is 0.0354. The van der Waals surface area contributed by atoms with Crippen LogP contribution in [-0.4, -0.2) is 35.1 Å². The Morgan fingerprint density at radius 3 is 2.78 bits per heavy atom. The van der Waals surface area contributed by atoms with E-state index in [-0.39, 0.29) is 17.3 Å². The first-order valence-corrected chi connectivity index (χ1v) is 7.09. The SMILES string of the molecule is CC(C)=CC[C@H]1O[C@]1(C)[C@@H]1C[C@H](O)CC[C@]12CO2. The first-order valence-electron chi connectivity index (χ1n) is 7.09. The molecule has 3 heteroatoms. The van der Waals surface area contributed by atoms with Crippen LogP contribution in [0.3, 0.4) is 0 Å². The van der Waals surface area contributed by atoms with E-state index in [1.807, 2.05) is 0 Å². The first kappa shape index (κ1) is 12.6. The molecule has 3 fully saturated rings. The van der Waals surface area contributed by atoms with Gasteiger partial charge in [0, 0.05) is 5.92 Å². The summed E-state index contributed by atoms with van der Waals surface area (Å²) in [5.74, 6) is 0.365. The van der Waals surface area contributed by atoms with Gasteiger partial charge in [-0.05, 0) is 46.5 Å². The molecule has 2 heterocycles. The Balaban J connectivity index is 1.69. The lowest BCUT2D eigenvalue weighted by atomic mass is 9.70. The lowest BCUT2D eigenvalue weighted by molar-refractivity contribution is 0.0145. The molecule has 0 unspecified atom stereocenters. The molecule has 3 aliphatic rings. The summed E-state index contributed by atoms with van der Waals surface area (Å²) < 4.78 is 11.7. The zero-order valence-corrected chi connectivity index (χ0v) is 11.6. The van der Waals surface area contributed by atoms with Crippen LogP contribution in [0, 0.1) is 5.92 Å². The Morgan fingerprint density at radius 2 is 2.17 bits per heavy atom. The van der Waals surface area contributed by atoms with E-state index < -0.39 is 0 Å². The van der Waals surface area contributed by atoms with Crippen LogP contribution in [0.2, 0.25) is 0 Å². The summed E-state index contributed by atoms with van der Waals surface area (Å²) >= 11 is 0.